The van der Waals surface area contributed by atoms with E-state index in [1.54, 1.807) is 11.8 Å². The van der Waals surface area contributed by atoms with Gasteiger partial charge in [-0.2, -0.15) is 0 Å². The van der Waals surface area contributed by atoms with Crippen LogP contribution in [0.25, 0.3) is 0 Å². The van der Waals surface area contributed by atoms with E-state index in [4.69, 9.17) is 0 Å². The molecule has 2 amide bonds. The Bertz CT molecular complexity index is 1180. The lowest BCUT2D eigenvalue weighted by Crippen LogP contribution is -2.29. The molecule has 5 rings (SSSR count). The van der Waals surface area contributed by atoms with Gasteiger partial charge in [0.2, 0.25) is 5.91 Å². The number of hydrogen-bond acceptors (Lipinski definition) is 4. The Morgan fingerprint density at radius 1 is 0.833 bits per heavy atom. The summed E-state index contributed by atoms with van der Waals surface area (Å²) < 4.78 is 0. The molecule has 2 heterocycles. The van der Waals surface area contributed by atoms with Crippen LogP contribution in [0.1, 0.15) is 57.2 Å². The number of nitrogens with one attached hydrogen (secondary N) is 1. The van der Waals surface area contributed by atoms with E-state index in [0.717, 1.165) is 23.2 Å². The SMILES string of the molecule is O=C(NCc1cccc(CN2CCCCC2)c1)c1ccc(C2SCC(=O)N2Cc2ccccc2)cc1. The molecule has 2 fully saturated rings. The minimum atomic E-state index is -0.0840. The molecule has 6 heteroatoms. The Morgan fingerprint density at radius 2 is 1.56 bits per heavy atom. The fraction of sp³-hybridized carbons (Fsp3) is 0.333. The number of thioether (sulfide) groups is 1. The number of benzene rings is 3. The molecule has 0 saturated carbocycles. The quantitative estimate of drug-likeness (QED) is 0.452. The molecule has 36 heavy (non-hydrogen) atoms. The molecule has 3 aromatic rings. The van der Waals surface area contributed by atoms with Gasteiger partial charge in [-0.25, -0.2) is 0 Å². The molecule has 5 nitrogen and oxygen atoms in total. The van der Waals surface area contributed by atoms with Crippen LogP contribution in [0.2, 0.25) is 0 Å². The van der Waals surface area contributed by atoms with Crippen molar-refractivity contribution in [1.82, 2.24) is 15.1 Å². The monoisotopic (exact) mass is 499 g/mol. The summed E-state index contributed by atoms with van der Waals surface area (Å²) in [6.07, 6.45) is 3.91. The van der Waals surface area contributed by atoms with Gasteiger partial charge in [0.1, 0.15) is 5.37 Å². The molecular weight excluding hydrogens is 466 g/mol. The lowest BCUT2D eigenvalue weighted by atomic mass is 10.1. The number of carbonyl (C=O) groups excluding carboxylic acids is 2. The van der Waals surface area contributed by atoms with Crippen LogP contribution in [0.3, 0.4) is 0 Å². The third-order valence-electron chi connectivity index (χ3n) is 6.92. The molecule has 1 unspecified atom stereocenters. The van der Waals surface area contributed by atoms with Crippen LogP contribution in [0.15, 0.2) is 78.9 Å². The first-order valence-corrected chi connectivity index (χ1v) is 13.8. The van der Waals surface area contributed by atoms with Crippen LogP contribution in [0.4, 0.5) is 0 Å². The normalized spacial score (nSPS) is 18.4. The van der Waals surface area contributed by atoms with Crippen LogP contribution in [-0.2, 0) is 24.4 Å². The molecule has 0 aliphatic carbocycles. The number of hydrogen-bond donors (Lipinski definition) is 1. The predicted octanol–water partition coefficient (Wildman–Crippen LogP) is 5.38. The van der Waals surface area contributed by atoms with Crippen LogP contribution in [0.5, 0.6) is 0 Å². The van der Waals surface area contributed by atoms with E-state index < -0.39 is 0 Å². The number of nitrogens with zero attached hydrogens (tertiary/aromatic N) is 2. The molecule has 0 aromatic heterocycles. The van der Waals surface area contributed by atoms with Crippen molar-refractivity contribution in [2.75, 3.05) is 18.8 Å². The van der Waals surface area contributed by atoms with E-state index in [0.29, 0.717) is 24.4 Å². The second-order valence-electron chi connectivity index (χ2n) is 9.63. The number of piperidine rings is 1. The van der Waals surface area contributed by atoms with E-state index in [1.807, 2.05) is 59.5 Å². The molecular formula is C30H33N3O2S. The summed E-state index contributed by atoms with van der Waals surface area (Å²) in [6.45, 7) is 4.43. The van der Waals surface area contributed by atoms with Gasteiger partial charge in [0.15, 0.2) is 0 Å². The average molecular weight is 500 g/mol. The van der Waals surface area contributed by atoms with Gasteiger partial charge in [-0.15, -0.1) is 11.8 Å². The highest BCUT2D eigenvalue weighted by molar-refractivity contribution is 8.00. The first-order valence-electron chi connectivity index (χ1n) is 12.8. The standard InChI is InChI=1S/C30H33N3O2S/c34-28-22-36-30(33(28)21-23-8-3-1-4-9-23)27-14-12-26(13-15-27)29(35)31-19-24-10-7-11-25(18-24)20-32-16-5-2-6-17-32/h1,3-4,7-15,18,30H,2,5-6,16-17,19-22H2,(H,31,35). The van der Waals surface area contributed by atoms with Crippen molar-refractivity contribution in [2.45, 2.75) is 44.3 Å². The summed E-state index contributed by atoms with van der Waals surface area (Å²) in [5.74, 6) is 0.550. The molecule has 2 aliphatic heterocycles. The van der Waals surface area contributed by atoms with Gasteiger partial charge in [0.25, 0.3) is 5.91 Å². The smallest absolute Gasteiger partial charge is 0.251 e. The van der Waals surface area contributed by atoms with Gasteiger partial charge in [-0.3, -0.25) is 14.5 Å². The van der Waals surface area contributed by atoms with E-state index in [2.05, 4.69) is 34.5 Å². The van der Waals surface area contributed by atoms with Gasteiger partial charge < -0.3 is 10.2 Å². The maximum absolute atomic E-state index is 12.8. The summed E-state index contributed by atoms with van der Waals surface area (Å²) in [4.78, 5) is 29.8. The highest BCUT2D eigenvalue weighted by Gasteiger charge is 2.32. The van der Waals surface area contributed by atoms with Crippen molar-refractivity contribution in [2.24, 2.45) is 0 Å². The maximum atomic E-state index is 12.8. The second-order valence-corrected chi connectivity index (χ2v) is 10.7. The third-order valence-corrected chi connectivity index (χ3v) is 8.18. The van der Waals surface area contributed by atoms with E-state index in [-0.39, 0.29) is 17.2 Å². The van der Waals surface area contributed by atoms with Crippen molar-refractivity contribution in [3.63, 3.8) is 0 Å². The van der Waals surface area contributed by atoms with Gasteiger partial charge in [0, 0.05) is 25.2 Å². The van der Waals surface area contributed by atoms with Crippen LogP contribution >= 0.6 is 11.8 Å². The van der Waals surface area contributed by atoms with Gasteiger partial charge in [0.05, 0.1) is 5.75 Å². The van der Waals surface area contributed by atoms with Crippen molar-refractivity contribution >= 4 is 23.6 Å². The topological polar surface area (TPSA) is 52.7 Å². The zero-order chi connectivity index (χ0) is 24.7. The molecule has 1 N–H and O–H groups in total. The summed E-state index contributed by atoms with van der Waals surface area (Å²) in [6, 6.07) is 26.3. The zero-order valence-electron chi connectivity index (χ0n) is 20.6. The summed E-state index contributed by atoms with van der Waals surface area (Å²) >= 11 is 1.64. The predicted molar refractivity (Wildman–Crippen MR) is 145 cm³/mol. The summed E-state index contributed by atoms with van der Waals surface area (Å²) in [5, 5.41) is 3.03. The number of amides is 2. The second kappa shape index (κ2) is 11.8. The van der Waals surface area contributed by atoms with Crippen molar-refractivity contribution in [3.8, 4) is 0 Å². The Labute approximate surface area is 217 Å². The Morgan fingerprint density at radius 3 is 2.33 bits per heavy atom. The summed E-state index contributed by atoms with van der Waals surface area (Å²) in [5.41, 5.74) is 5.22. The highest BCUT2D eigenvalue weighted by atomic mass is 32.2. The number of rotatable bonds is 8. The summed E-state index contributed by atoms with van der Waals surface area (Å²) in [7, 11) is 0. The molecule has 0 spiro atoms. The maximum Gasteiger partial charge on any atom is 0.251 e. The molecule has 0 bridgehead atoms. The fourth-order valence-electron chi connectivity index (χ4n) is 4.98. The fourth-order valence-corrected chi connectivity index (χ4v) is 6.17. The molecule has 3 aromatic carbocycles. The molecule has 2 aliphatic rings. The van der Waals surface area contributed by atoms with Gasteiger partial charge >= 0.3 is 0 Å². The van der Waals surface area contributed by atoms with Crippen molar-refractivity contribution in [3.05, 3.63) is 107 Å². The number of likely N-dealkylation sites (tertiary alicyclic amines) is 1. The lowest BCUT2D eigenvalue weighted by Gasteiger charge is -2.26. The zero-order valence-corrected chi connectivity index (χ0v) is 21.4. The largest absolute Gasteiger partial charge is 0.348 e. The van der Waals surface area contributed by atoms with Crippen molar-refractivity contribution in [1.29, 1.82) is 0 Å². The lowest BCUT2D eigenvalue weighted by molar-refractivity contribution is -0.128. The Balaban J connectivity index is 1.17. The van der Waals surface area contributed by atoms with Crippen molar-refractivity contribution < 1.29 is 9.59 Å². The van der Waals surface area contributed by atoms with Gasteiger partial charge in [-0.05, 0) is 60.3 Å². The highest BCUT2D eigenvalue weighted by Crippen LogP contribution is 2.39. The van der Waals surface area contributed by atoms with Crippen LogP contribution in [0, 0.1) is 0 Å². The molecule has 186 valence electrons. The average Bonchev–Trinajstić information content (AvgIpc) is 3.28. The van der Waals surface area contributed by atoms with E-state index in [1.165, 1.54) is 37.9 Å². The minimum absolute atomic E-state index is 0.0301. The Kier molecular flexibility index (Phi) is 8.04. The number of carbonyl (C=O) groups is 2. The van der Waals surface area contributed by atoms with Crippen LogP contribution < -0.4 is 5.32 Å². The molecule has 2 saturated heterocycles. The Hall–Kier alpha value is -3.09. The first kappa shape index (κ1) is 24.6. The van der Waals surface area contributed by atoms with Gasteiger partial charge in [-0.1, -0.05) is 73.2 Å². The minimum Gasteiger partial charge on any atom is -0.348 e. The first-order chi connectivity index (χ1) is 17.7. The molecule has 1 atom stereocenters. The van der Waals surface area contributed by atoms with Crippen LogP contribution in [-0.4, -0.2) is 40.5 Å². The van der Waals surface area contributed by atoms with E-state index >= 15 is 0 Å². The molecule has 0 radical (unpaired) electrons. The third kappa shape index (κ3) is 6.18. The van der Waals surface area contributed by atoms with E-state index in [9.17, 15) is 9.59 Å².